The van der Waals surface area contributed by atoms with Crippen molar-refractivity contribution in [2.45, 2.75) is 13.0 Å². The van der Waals surface area contributed by atoms with Crippen molar-refractivity contribution >= 4 is 11.6 Å². The first-order valence-electron chi connectivity index (χ1n) is 5.87. The van der Waals surface area contributed by atoms with Crippen LogP contribution in [-0.2, 0) is 0 Å². The van der Waals surface area contributed by atoms with E-state index in [1.54, 1.807) is 6.07 Å². The highest BCUT2D eigenvalue weighted by atomic mass is 35.5. The lowest BCUT2D eigenvalue weighted by Crippen LogP contribution is -2.01. The Labute approximate surface area is 112 Å². The van der Waals surface area contributed by atoms with Crippen LogP contribution in [0.5, 0.6) is 5.75 Å². The topological polar surface area (TPSA) is 29.5 Å². The van der Waals surface area contributed by atoms with E-state index in [0.717, 1.165) is 11.3 Å². The normalized spacial score (nSPS) is 12.2. The fourth-order valence-corrected chi connectivity index (χ4v) is 2.06. The van der Waals surface area contributed by atoms with Crippen LogP contribution in [0.15, 0.2) is 48.5 Å². The van der Waals surface area contributed by atoms with Crippen LogP contribution < -0.4 is 4.74 Å². The van der Waals surface area contributed by atoms with Gasteiger partial charge in [0.25, 0.3) is 0 Å². The Bertz CT molecular complexity index is 525. The van der Waals surface area contributed by atoms with Gasteiger partial charge in [0, 0.05) is 10.6 Å². The number of halogens is 1. The molecule has 2 aromatic carbocycles. The van der Waals surface area contributed by atoms with Crippen molar-refractivity contribution < 1.29 is 9.84 Å². The van der Waals surface area contributed by atoms with E-state index in [-0.39, 0.29) is 0 Å². The zero-order valence-electron chi connectivity index (χ0n) is 10.1. The first-order valence-corrected chi connectivity index (χ1v) is 6.25. The molecule has 0 spiro atoms. The molecule has 2 nitrogen and oxygen atoms in total. The molecule has 0 aromatic heterocycles. The number of aliphatic hydroxyl groups excluding tert-OH is 1. The van der Waals surface area contributed by atoms with Crippen LogP contribution in [-0.4, -0.2) is 11.7 Å². The lowest BCUT2D eigenvalue weighted by molar-refractivity contribution is 0.219. The minimum atomic E-state index is -0.737. The molecule has 0 bridgehead atoms. The molecule has 0 saturated carbocycles. The molecule has 0 saturated heterocycles. The Morgan fingerprint density at radius 3 is 2.67 bits per heavy atom. The summed E-state index contributed by atoms with van der Waals surface area (Å²) in [6.45, 7) is 2.53. The van der Waals surface area contributed by atoms with E-state index in [1.165, 1.54) is 0 Å². The zero-order valence-corrected chi connectivity index (χ0v) is 10.9. The van der Waals surface area contributed by atoms with Gasteiger partial charge in [0.15, 0.2) is 0 Å². The predicted molar refractivity (Wildman–Crippen MR) is 73.1 cm³/mol. The smallest absolute Gasteiger partial charge is 0.119 e. The van der Waals surface area contributed by atoms with E-state index in [4.69, 9.17) is 16.3 Å². The summed E-state index contributed by atoms with van der Waals surface area (Å²) < 4.78 is 5.42. The summed E-state index contributed by atoms with van der Waals surface area (Å²) in [6.07, 6.45) is -0.737. The lowest BCUT2D eigenvalue weighted by atomic mass is 10.0. The molecule has 2 aromatic rings. The van der Waals surface area contributed by atoms with E-state index in [0.29, 0.717) is 17.2 Å². The second-order valence-electron chi connectivity index (χ2n) is 3.93. The number of rotatable bonds is 4. The average molecular weight is 263 g/mol. The molecular weight excluding hydrogens is 248 g/mol. The van der Waals surface area contributed by atoms with Crippen molar-refractivity contribution in [3.63, 3.8) is 0 Å². The van der Waals surface area contributed by atoms with Gasteiger partial charge in [0.2, 0.25) is 0 Å². The van der Waals surface area contributed by atoms with Gasteiger partial charge in [-0.1, -0.05) is 41.9 Å². The van der Waals surface area contributed by atoms with Crippen molar-refractivity contribution in [2.75, 3.05) is 6.61 Å². The van der Waals surface area contributed by atoms with Crippen LogP contribution in [0.3, 0.4) is 0 Å². The number of benzene rings is 2. The molecule has 0 aliphatic heterocycles. The van der Waals surface area contributed by atoms with Crippen molar-refractivity contribution in [3.8, 4) is 5.75 Å². The molecule has 1 unspecified atom stereocenters. The molecule has 3 heteroatoms. The molecule has 0 aliphatic carbocycles. The van der Waals surface area contributed by atoms with Gasteiger partial charge in [0.05, 0.1) is 6.61 Å². The Kier molecular flexibility index (Phi) is 4.24. The largest absolute Gasteiger partial charge is 0.494 e. The summed E-state index contributed by atoms with van der Waals surface area (Å²) in [4.78, 5) is 0. The number of ether oxygens (including phenoxy) is 1. The molecule has 2 rings (SSSR count). The van der Waals surface area contributed by atoms with Gasteiger partial charge in [0.1, 0.15) is 11.9 Å². The molecule has 18 heavy (non-hydrogen) atoms. The summed E-state index contributed by atoms with van der Waals surface area (Å²) in [7, 11) is 0. The highest BCUT2D eigenvalue weighted by Crippen LogP contribution is 2.29. The maximum atomic E-state index is 10.3. The number of hydrogen-bond acceptors (Lipinski definition) is 2. The first-order chi connectivity index (χ1) is 8.72. The minimum Gasteiger partial charge on any atom is -0.494 e. The molecule has 0 fully saturated rings. The summed E-state index contributed by atoms with van der Waals surface area (Å²) in [5.41, 5.74) is 1.47. The summed E-state index contributed by atoms with van der Waals surface area (Å²) >= 11 is 6.08. The molecule has 0 radical (unpaired) electrons. The third-order valence-corrected chi connectivity index (χ3v) is 3.03. The van der Waals surface area contributed by atoms with Crippen molar-refractivity contribution in [3.05, 3.63) is 64.7 Å². The summed E-state index contributed by atoms with van der Waals surface area (Å²) in [5.74, 6) is 0.751. The van der Waals surface area contributed by atoms with Crippen LogP contribution in [0.2, 0.25) is 5.02 Å². The van der Waals surface area contributed by atoms with Crippen molar-refractivity contribution in [1.29, 1.82) is 0 Å². The SMILES string of the molecule is CCOc1cccc(C(O)c2ccccc2Cl)c1. The fourth-order valence-electron chi connectivity index (χ4n) is 1.82. The standard InChI is InChI=1S/C15H15ClO2/c1-2-18-12-7-5-6-11(10-12)15(17)13-8-3-4-9-14(13)16/h3-10,15,17H,2H2,1H3. The molecule has 0 aliphatic rings. The molecule has 0 heterocycles. The van der Waals surface area contributed by atoms with E-state index >= 15 is 0 Å². The van der Waals surface area contributed by atoms with Gasteiger partial charge in [-0.05, 0) is 30.7 Å². The zero-order chi connectivity index (χ0) is 13.0. The monoisotopic (exact) mass is 262 g/mol. The van der Waals surface area contributed by atoms with Crippen LogP contribution in [0, 0.1) is 0 Å². The Balaban J connectivity index is 2.31. The first kappa shape index (κ1) is 12.9. The third-order valence-electron chi connectivity index (χ3n) is 2.68. The van der Waals surface area contributed by atoms with Crippen LogP contribution in [0.25, 0.3) is 0 Å². The quantitative estimate of drug-likeness (QED) is 0.908. The molecule has 1 atom stereocenters. The maximum Gasteiger partial charge on any atom is 0.119 e. The van der Waals surface area contributed by atoms with Crippen LogP contribution >= 0.6 is 11.6 Å². The summed E-state index contributed by atoms with van der Waals surface area (Å²) in [5, 5.41) is 10.9. The maximum absolute atomic E-state index is 10.3. The van der Waals surface area contributed by atoms with Crippen LogP contribution in [0.4, 0.5) is 0 Å². The van der Waals surface area contributed by atoms with Crippen molar-refractivity contribution in [2.24, 2.45) is 0 Å². The molecule has 1 N–H and O–H groups in total. The molecular formula is C15H15ClO2. The fraction of sp³-hybridized carbons (Fsp3) is 0.200. The van der Waals surface area contributed by atoms with E-state index < -0.39 is 6.10 Å². The van der Waals surface area contributed by atoms with Gasteiger partial charge in [-0.25, -0.2) is 0 Å². The highest BCUT2D eigenvalue weighted by Gasteiger charge is 2.13. The van der Waals surface area contributed by atoms with Gasteiger partial charge < -0.3 is 9.84 Å². The van der Waals surface area contributed by atoms with Gasteiger partial charge >= 0.3 is 0 Å². The molecule has 94 valence electrons. The van der Waals surface area contributed by atoms with Gasteiger partial charge in [-0.2, -0.15) is 0 Å². The predicted octanol–water partition coefficient (Wildman–Crippen LogP) is 3.82. The Morgan fingerprint density at radius 2 is 1.94 bits per heavy atom. The van der Waals surface area contributed by atoms with Gasteiger partial charge in [-0.3, -0.25) is 0 Å². The second kappa shape index (κ2) is 5.89. The van der Waals surface area contributed by atoms with E-state index in [9.17, 15) is 5.11 Å². The molecule has 0 amide bonds. The second-order valence-corrected chi connectivity index (χ2v) is 4.34. The third kappa shape index (κ3) is 2.84. The number of aliphatic hydroxyl groups is 1. The summed E-state index contributed by atoms with van der Waals surface area (Å²) in [6, 6.07) is 14.7. The van der Waals surface area contributed by atoms with E-state index in [2.05, 4.69) is 0 Å². The highest BCUT2D eigenvalue weighted by molar-refractivity contribution is 6.31. The van der Waals surface area contributed by atoms with E-state index in [1.807, 2.05) is 49.4 Å². The van der Waals surface area contributed by atoms with Crippen molar-refractivity contribution in [1.82, 2.24) is 0 Å². The minimum absolute atomic E-state index is 0.562. The Morgan fingerprint density at radius 1 is 1.17 bits per heavy atom. The lowest BCUT2D eigenvalue weighted by Gasteiger charge is -2.14. The average Bonchev–Trinajstić information content (AvgIpc) is 2.39. The van der Waals surface area contributed by atoms with Gasteiger partial charge in [-0.15, -0.1) is 0 Å². The number of hydrogen-bond donors (Lipinski definition) is 1. The Hall–Kier alpha value is -1.51. The van der Waals surface area contributed by atoms with Crippen LogP contribution in [0.1, 0.15) is 24.2 Å².